The maximum atomic E-state index is 12.9. The van der Waals surface area contributed by atoms with Crippen molar-refractivity contribution >= 4 is 33.5 Å². The van der Waals surface area contributed by atoms with Gasteiger partial charge in [0.15, 0.2) is 9.84 Å². The van der Waals surface area contributed by atoms with Crippen LogP contribution in [0.2, 0.25) is 0 Å². The maximum absolute atomic E-state index is 12.9. The van der Waals surface area contributed by atoms with Crippen molar-refractivity contribution in [1.82, 2.24) is 4.90 Å². The third-order valence-corrected chi connectivity index (χ3v) is 7.54. The first-order valence-electron chi connectivity index (χ1n) is 8.72. The molecule has 1 amide bonds. The molecule has 1 aliphatic carbocycles. The number of hydrogen-bond donors (Lipinski definition) is 1. The van der Waals surface area contributed by atoms with Crippen molar-refractivity contribution in [2.45, 2.75) is 67.2 Å². The molecule has 1 aliphatic rings. The van der Waals surface area contributed by atoms with Crippen molar-refractivity contribution in [3.05, 3.63) is 24.3 Å². The van der Waals surface area contributed by atoms with Gasteiger partial charge in [-0.1, -0.05) is 19.1 Å². The van der Waals surface area contributed by atoms with E-state index in [1.165, 1.54) is 23.6 Å². The molecule has 2 unspecified atom stereocenters. The quantitative estimate of drug-likeness (QED) is 0.642. The number of benzene rings is 1. The minimum absolute atomic E-state index is 0.0317. The van der Waals surface area contributed by atoms with Crippen LogP contribution in [-0.2, 0) is 19.4 Å². The van der Waals surface area contributed by atoms with E-state index in [-0.39, 0.29) is 22.6 Å². The molecule has 0 bridgehead atoms. The summed E-state index contributed by atoms with van der Waals surface area (Å²) in [7, 11) is -3.41. The van der Waals surface area contributed by atoms with Crippen LogP contribution in [0.4, 0.5) is 0 Å². The Labute approximate surface area is 158 Å². The highest BCUT2D eigenvalue weighted by atomic mass is 32.2. The molecule has 0 aromatic heterocycles. The zero-order valence-electron chi connectivity index (χ0n) is 15.2. The fraction of sp³-hybridized carbons (Fsp3) is 0.556. The van der Waals surface area contributed by atoms with Crippen LogP contribution in [-0.4, -0.2) is 53.4 Å². The number of carboxylic acids is 1. The number of rotatable bonds is 9. The number of carboxylic acid groups (broad SMARTS) is 1. The summed E-state index contributed by atoms with van der Waals surface area (Å²) < 4.78 is 24.9. The summed E-state index contributed by atoms with van der Waals surface area (Å²) in [5.41, 5.74) is 0. The van der Waals surface area contributed by atoms with E-state index in [2.05, 4.69) is 0 Å². The van der Waals surface area contributed by atoms with Gasteiger partial charge in [0.05, 0.1) is 15.9 Å². The molecule has 0 saturated heterocycles. The van der Waals surface area contributed by atoms with Gasteiger partial charge in [-0.3, -0.25) is 4.79 Å². The molecule has 0 heterocycles. The number of carbonyl (C=O) groups excluding carboxylic acids is 1. The molecule has 144 valence electrons. The minimum Gasteiger partial charge on any atom is -0.480 e. The first-order chi connectivity index (χ1) is 12.2. The van der Waals surface area contributed by atoms with Gasteiger partial charge < -0.3 is 10.0 Å². The van der Waals surface area contributed by atoms with Crippen LogP contribution in [0.25, 0.3) is 0 Å². The van der Waals surface area contributed by atoms with Crippen LogP contribution < -0.4 is 0 Å². The van der Waals surface area contributed by atoms with Gasteiger partial charge in [0.25, 0.3) is 0 Å². The van der Waals surface area contributed by atoms with Gasteiger partial charge in [0.1, 0.15) is 6.04 Å². The second-order valence-electron chi connectivity index (χ2n) is 6.52. The van der Waals surface area contributed by atoms with Crippen LogP contribution in [0.5, 0.6) is 0 Å². The summed E-state index contributed by atoms with van der Waals surface area (Å²) in [4.78, 5) is 26.4. The van der Waals surface area contributed by atoms with Crippen molar-refractivity contribution in [3.63, 3.8) is 0 Å². The standard InChI is InChI=1S/C18H25NO5S2/c1-4-11-26(23,24)16-8-6-5-7-15(16)25-13(3)17(20)19(14-9-10-14)12(2)18(21)22/h5-8,12-14H,4,9-11H2,1-3H3,(H,21,22). The number of amides is 1. The summed E-state index contributed by atoms with van der Waals surface area (Å²) >= 11 is 1.17. The summed E-state index contributed by atoms with van der Waals surface area (Å²) in [5, 5.41) is 8.71. The molecule has 0 spiro atoms. The van der Waals surface area contributed by atoms with Crippen molar-refractivity contribution < 1.29 is 23.1 Å². The maximum Gasteiger partial charge on any atom is 0.326 e. The van der Waals surface area contributed by atoms with Crippen molar-refractivity contribution in [1.29, 1.82) is 0 Å². The van der Waals surface area contributed by atoms with Gasteiger partial charge in [-0.05, 0) is 45.2 Å². The van der Waals surface area contributed by atoms with E-state index in [4.69, 9.17) is 0 Å². The molecule has 1 N–H and O–H groups in total. The molecule has 0 aliphatic heterocycles. The highest BCUT2D eigenvalue weighted by Gasteiger charge is 2.40. The summed E-state index contributed by atoms with van der Waals surface area (Å²) in [5.74, 6) is -1.25. The summed E-state index contributed by atoms with van der Waals surface area (Å²) in [6, 6.07) is 5.74. The number of hydrogen-bond acceptors (Lipinski definition) is 5. The van der Waals surface area contributed by atoms with E-state index in [0.717, 1.165) is 12.8 Å². The average molecular weight is 400 g/mol. The van der Waals surface area contributed by atoms with Gasteiger partial charge >= 0.3 is 5.97 Å². The fourth-order valence-electron chi connectivity index (χ4n) is 2.79. The Hall–Kier alpha value is -1.54. The van der Waals surface area contributed by atoms with Crippen molar-refractivity contribution in [2.75, 3.05) is 5.75 Å². The molecular formula is C18H25NO5S2. The Morgan fingerprint density at radius 1 is 1.27 bits per heavy atom. The van der Waals surface area contributed by atoms with Crippen LogP contribution in [0.1, 0.15) is 40.0 Å². The molecule has 6 nitrogen and oxygen atoms in total. The second-order valence-corrected chi connectivity index (χ2v) is 9.98. The zero-order chi connectivity index (χ0) is 19.5. The summed E-state index contributed by atoms with van der Waals surface area (Å²) in [6.45, 7) is 5.01. The summed E-state index contributed by atoms with van der Waals surface area (Å²) in [6.07, 6.45) is 2.13. The predicted octanol–water partition coefficient (Wildman–Crippen LogP) is 2.82. The Morgan fingerprint density at radius 3 is 2.42 bits per heavy atom. The van der Waals surface area contributed by atoms with Gasteiger partial charge in [-0.15, -0.1) is 11.8 Å². The van der Waals surface area contributed by atoms with Gasteiger partial charge in [-0.25, -0.2) is 13.2 Å². The number of thioether (sulfide) groups is 1. The Morgan fingerprint density at radius 2 is 1.88 bits per heavy atom. The lowest BCUT2D eigenvalue weighted by molar-refractivity contribution is -0.149. The Kier molecular flexibility index (Phi) is 6.74. The topological polar surface area (TPSA) is 91.8 Å². The van der Waals surface area contributed by atoms with Gasteiger partial charge in [-0.2, -0.15) is 0 Å². The van der Waals surface area contributed by atoms with E-state index >= 15 is 0 Å². The molecule has 2 rings (SSSR count). The molecular weight excluding hydrogens is 374 g/mol. The molecule has 1 fully saturated rings. The monoisotopic (exact) mass is 399 g/mol. The lowest BCUT2D eigenvalue weighted by atomic mass is 10.2. The smallest absolute Gasteiger partial charge is 0.326 e. The minimum atomic E-state index is -3.41. The first kappa shape index (κ1) is 20.8. The van der Waals surface area contributed by atoms with E-state index in [1.54, 1.807) is 38.1 Å². The number of nitrogens with zero attached hydrogens (tertiary/aromatic N) is 1. The third kappa shape index (κ3) is 4.79. The third-order valence-electron chi connectivity index (χ3n) is 4.28. The van der Waals surface area contributed by atoms with Crippen LogP contribution in [0.15, 0.2) is 34.1 Å². The fourth-order valence-corrected chi connectivity index (χ4v) is 5.68. The van der Waals surface area contributed by atoms with E-state index in [0.29, 0.717) is 11.3 Å². The van der Waals surface area contributed by atoms with Crippen molar-refractivity contribution in [2.24, 2.45) is 0 Å². The number of aliphatic carboxylic acids is 1. The molecule has 8 heteroatoms. The Balaban J connectivity index is 2.23. The van der Waals surface area contributed by atoms with Gasteiger partial charge in [0, 0.05) is 10.9 Å². The van der Waals surface area contributed by atoms with Crippen molar-refractivity contribution in [3.8, 4) is 0 Å². The average Bonchev–Trinajstić information content (AvgIpc) is 3.39. The molecule has 1 aromatic rings. The SMILES string of the molecule is CCCS(=O)(=O)c1ccccc1SC(C)C(=O)N(C1CC1)C(C)C(=O)O. The molecule has 2 atom stereocenters. The molecule has 1 aromatic carbocycles. The number of sulfone groups is 1. The Bertz CT molecular complexity index is 774. The van der Waals surface area contributed by atoms with Gasteiger partial charge in [0.2, 0.25) is 5.91 Å². The normalized spacial score (nSPS) is 16.7. The van der Waals surface area contributed by atoms with Crippen LogP contribution in [0.3, 0.4) is 0 Å². The van der Waals surface area contributed by atoms with Crippen LogP contribution in [0, 0.1) is 0 Å². The highest BCUT2D eigenvalue weighted by molar-refractivity contribution is 8.01. The lowest BCUT2D eigenvalue weighted by Gasteiger charge is -2.29. The molecule has 1 saturated carbocycles. The zero-order valence-corrected chi connectivity index (χ0v) is 16.8. The predicted molar refractivity (Wildman–Crippen MR) is 101 cm³/mol. The van der Waals surface area contributed by atoms with E-state index in [9.17, 15) is 23.1 Å². The molecule has 26 heavy (non-hydrogen) atoms. The number of carbonyl (C=O) groups is 2. The second kappa shape index (κ2) is 8.43. The van der Waals surface area contributed by atoms with E-state index < -0.39 is 27.1 Å². The van der Waals surface area contributed by atoms with E-state index in [1.807, 2.05) is 0 Å². The first-order valence-corrected chi connectivity index (χ1v) is 11.3. The lowest BCUT2D eigenvalue weighted by Crippen LogP contribution is -2.47. The molecule has 0 radical (unpaired) electrons. The largest absolute Gasteiger partial charge is 0.480 e. The van der Waals surface area contributed by atoms with Crippen LogP contribution >= 0.6 is 11.8 Å². The highest BCUT2D eigenvalue weighted by Crippen LogP contribution is 2.35.